The number of benzene rings is 2. The summed E-state index contributed by atoms with van der Waals surface area (Å²) >= 11 is 0. The van der Waals surface area contributed by atoms with Crippen molar-refractivity contribution in [1.29, 1.82) is 0 Å². The van der Waals surface area contributed by atoms with Gasteiger partial charge in [0, 0.05) is 5.56 Å². The van der Waals surface area contributed by atoms with Crippen LogP contribution in [0.5, 0.6) is 23.0 Å². The summed E-state index contributed by atoms with van der Waals surface area (Å²) in [5, 5.41) is 59.4. The van der Waals surface area contributed by atoms with Gasteiger partial charge in [-0.1, -0.05) is 12.1 Å². The van der Waals surface area contributed by atoms with Crippen molar-refractivity contribution in [2.24, 2.45) is 0 Å². The molecule has 0 aromatic heterocycles. The van der Waals surface area contributed by atoms with Crippen LogP contribution in [0.3, 0.4) is 0 Å². The third kappa shape index (κ3) is 5.48. The Morgan fingerprint density at radius 1 is 0.892 bits per heavy atom. The Morgan fingerprint density at radius 2 is 1.65 bits per heavy atom. The zero-order valence-corrected chi connectivity index (χ0v) is 20.7. The number of rotatable bonds is 10. The molecule has 0 bridgehead atoms. The van der Waals surface area contributed by atoms with Crippen LogP contribution in [0.4, 0.5) is 0 Å². The molecule has 11 heteroatoms. The Morgan fingerprint density at radius 3 is 2.32 bits per heavy atom. The average molecular weight is 523 g/mol. The van der Waals surface area contributed by atoms with Crippen LogP contribution in [0.25, 0.3) is 0 Å². The second-order valence-corrected chi connectivity index (χ2v) is 9.15. The number of hydrogen-bond donors (Lipinski definition) is 6. The number of aliphatic hydroxyl groups excluding tert-OH is 5. The number of methoxy groups -OCH3 is 2. The van der Waals surface area contributed by atoms with Gasteiger partial charge in [-0.15, -0.1) is 0 Å². The highest BCUT2D eigenvalue weighted by Gasteiger charge is 2.44. The van der Waals surface area contributed by atoms with Gasteiger partial charge in [0.05, 0.1) is 40.0 Å². The number of ether oxygens (including phenoxy) is 5. The van der Waals surface area contributed by atoms with Gasteiger partial charge in [-0.25, -0.2) is 0 Å². The van der Waals surface area contributed by atoms with Gasteiger partial charge in [0.1, 0.15) is 30.5 Å². The lowest BCUT2D eigenvalue weighted by Crippen LogP contribution is -2.59. The molecule has 6 N–H and O–H groups in total. The van der Waals surface area contributed by atoms with E-state index in [1.165, 1.54) is 20.3 Å². The lowest BCUT2D eigenvalue weighted by molar-refractivity contribution is -0.301. The molecule has 1 fully saturated rings. The van der Waals surface area contributed by atoms with Crippen LogP contribution in [-0.2, 0) is 15.9 Å². The van der Waals surface area contributed by atoms with Crippen LogP contribution in [0, 0.1) is 0 Å². The SMILES string of the molecule is COc1cc(C2Oc3c(OC)cc(CCCO[C@@H]4O[C@H](CO)[C@@H](O)[C@H](O)[C@H]4O)cc3C2CO)ccc1O. The number of aromatic hydroxyl groups is 1. The third-order valence-electron chi connectivity index (χ3n) is 6.84. The number of hydrogen-bond acceptors (Lipinski definition) is 11. The van der Waals surface area contributed by atoms with Crippen LogP contribution >= 0.6 is 0 Å². The Hall–Kier alpha value is -2.64. The Balaban J connectivity index is 1.44. The maximum absolute atomic E-state index is 10.2. The number of fused-ring (bicyclic) bond motifs is 1. The summed E-state index contributed by atoms with van der Waals surface area (Å²) in [6.07, 6.45) is -6.00. The minimum Gasteiger partial charge on any atom is -0.504 e. The highest BCUT2D eigenvalue weighted by atomic mass is 16.7. The number of aryl methyl sites for hydroxylation is 1. The predicted molar refractivity (Wildman–Crippen MR) is 129 cm³/mol. The van der Waals surface area contributed by atoms with Gasteiger partial charge in [0.25, 0.3) is 0 Å². The van der Waals surface area contributed by atoms with Crippen LogP contribution in [0.2, 0.25) is 0 Å². The molecule has 0 radical (unpaired) electrons. The Bertz CT molecular complexity index is 1060. The van der Waals surface area contributed by atoms with E-state index in [0.717, 1.165) is 16.7 Å². The molecule has 204 valence electrons. The number of aliphatic hydroxyl groups is 5. The van der Waals surface area contributed by atoms with Crippen molar-refractivity contribution in [1.82, 2.24) is 0 Å². The molecule has 0 amide bonds. The highest BCUT2D eigenvalue weighted by Crippen LogP contribution is 2.51. The summed E-state index contributed by atoms with van der Waals surface area (Å²) in [6.45, 7) is -0.516. The van der Waals surface area contributed by atoms with Gasteiger partial charge in [0.15, 0.2) is 29.3 Å². The van der Waals surface area contributed by atoms with Crippen LogP contribution in [-0.4, -0.2) is 95.4 Å². The van der Waals surface area contributed by atoms with Gasteiger partial charge < -0.3 is 54.3 Å². The minimum atomic E-state index is -1.49. The fraction of sp³-hybridized carbons (Fsp3) is 0.538. The second-order valence-electron chi connectivity index (χ2n) is 9.15. The highest BCUT2D eigenvalue weighted by molar-refractivity contribution is 5.56. The maximum Gasteiger partial charge on any atom is 0.186 e. The molecular formula is C26H34O11. The molecule has 2 aliphatic rings. The molecule has 1 saturated heterocycles. The molecule has 7 atom stereocenters. The van der Waals surface area contributed by atoms with Crippen molar-refractivity contribution in [2.75, 3.05) is 34.0 Å². The summed E-state index contributed by atoms with van der Waals surface area (Å²) < 4.78 is 27.9. The Kier molecular flexibility index (Phi) is 8.75. The van der Waals surface area contributed by atoms with Crippen molar-refractivity contribution in [2.45, 2.75) is 55.6 Å². The molecule has 2 aromatic rings. The molecule has 0 saturated carbocycles. The summed E-state index contributed by atoms with van der Waals surface area (Å²) in [4.78, 5) is 0. The van der Waals surface area contributed by atoms with Gasteiger partial charge in [-0.2, -0.15) is 0 Å². The zero-order chi connectivity index (χ0) is 26.7. The van der Waals surface area contributed by atoms with E-state index in [4.69, 9.17) is 23.7 Å². The molecule has 0 aliphatic carbocycles. The first kappa shape index (κ1) is 27.4. The molecule has 0 spiro atoms. The van der Waals surface area contributed by atoms with Crippen LogP contribution in [0.15, 0.2) is 30.3 Å². The minimum absolute atomic E-state index is 0.00751. The fourth-order valence-electron chi connectivity index (χ4n) is 4.80. The fourth-order valence-corrected chi connectivity index (χ4v) is 4.80. The first-order valence-electron chi connectivity index (χ1n) is 12.1. The zero-order valence-electron chi connectivity index (χ0n) is 20.7. The van der Waals surface area contributed by atoms with E-state index in [2.05, 4.69) is 0 Å². The van der Waals surface area contributed by atoms with Crippen molar-refractivity contribution in [3.05, 3.63) is 47.0 Å². The smallest absolute Gasteiger partial charge is 0.186 e. The molecule has 2 aliphatic heterocycles. The quantitative estimate of drug-likeness (QED) is 0.239. The van der Waals surface area contributed by atoms with Crippen LogP contribution < -0.4 is 14.2 Å². The monoisotopic (exact) mass is 522 g/mol. The molecule has 37 heavy (non-hydrogen) atoms. The standard InChI is InChI=1S/C26H34O11/c1-33-18-10-14(5-6-17(18)29)24-16(11-27)15-8-13(9-19(34-2)25(15)37-24)4-3-7-35-26-23(32)22(31)21(30)20(12-28)36-26/h5-6,8-10,16,20-24,26-32H,3-4,7,11-12H2,1-2H3/t16?,20-,21-,22+,23-,24?,26-/m1/s1. The normalized spacial score (nSPS) is 29.0. The lowest BCUT2D eigenvalue weighted by Gasteiger charge is -2.39. The first-order valence-corrected chi connectivity index (χ1v) is 12.1. The summed E-state index contributed by atoms with van der Waals surface area (Å²) in [5.41, 5.74) is 2.45. The van der Waals surface area contributed by atoms with E-state index in [9.17, 15) is 30.6 Å². The summed E-state index contributed by atoms with van der Waals surface area (Å²) in [7, 11) is 3.00. The second kappa shape index (κ2) is 11.8. The number of phenolic OH excluding ortho intramolecular Hbond substituents is 1. The van der Waals surface area contributed by atoms with Crippen molar-refractivity contribution in [3.63, 3.8) is 0 Å². The topological polar surface area (TPSA) is 168 Å². The average Bonchev–Trinajstić information content (AvgIpc) is 3.29. The Labute approximate surface area is 214 Å². The van der Waals surface area contributed by atoms with Gasteiger partial charge >= 0.3 is 0 Å². The lowest BCUT2D eigenvalue weighted by atomic mass is 9.90. The van der Waals surface area contributed by atoms with Gasteiger partial charge in [0.2, 0.25) is 0 Å². The molecule has 4 rings (SSSR count). The predicted octanol–water partition coefficient (Wildman–Crippen LogP) is 0.368. The molecule has 2 heterocycles. The van der Waals surface area contributed by atoms with E-state index in [0.29, 0.717) is 30.1 Å². The van der Waals surface area contributed by atoms with Gasteiger partial charge in [-0.3, -0.25) is 0 Å². The van der Waals surface area contributed by atoms with Crippen molar-refractivity contribution < 1.29 is 54.3 Å². The number of phenols is 1. The summed E-state index contributed by atoms with van der Waals surface area (Å²) in [6, 6.07) is 8.72. The first-order chi connectivity index (χ1) is 17.8. The van der Waals surface area contributed by atoms with E-state index in [1.807, 2.05) is 12.1 Å². The molecule has 2 aromatic carbocycles. The summed E-state index contributed by atoms with van der Waals surface area (Å²) in [5.74, 6) is 1.01. The molecular weight excluding hydrogens is 488 g/mol. The van der Waals surface area contributed by atoms with E-state index >= 15 is 0 Å². The molecule has 2 unspecified atom stereocenters. The largest absolute Gasteiger partial charge is 0.504 e. The van der Waals surface area contributed by atoms with Crippen molar-refractivity contribution in [3.8, 4) is 23.0 Å². The maximum atomic E-state index is 10.2. The van der Waals surface area contributed by atoms with Gasteiger partial charge in [-0.05, 0) is 42.2 Å². The molecule has 11 nitrogen and oxygen atoms in total. The van der Waals surface area contributed by atoms with E-state index in [1.54, 1.807) is 12.1 Å². The van der Waals surface area contributed by atoms with Crippen LogP contribution in [0.1, 0.15) is 35.1 Å². The van der Waals surface area contributed by atoms with E-state index < -0.39 is 43.4 Å². The van der Waals surface area contributed by atoms with Crippen molar-refractivity contribution >= 4 is 0 Å². The van der Waals surface area contributed by atoms with E-state index in [-0.39, 0.29) is 24.9 Å². The third-order valence-corrected chi connectivity index (χ3v) is 6.84.